The molecule has 2 heterocycles. The molecule has 1 fully saturated rings. The molecular weight excluding hydrogens is 266 g/mol. The third-order valence-electron chi connectivity index (χ3n) is 3.75. The lowest BCUT2D eigenvalue weighted by atomic mass is 9.92. The third-order valence-corrected chi connectivity index (χ3v) is 3.75. The number of amides is 1. The molecule has 5 nitrogen and oxygen atoms in total. The van der Waals surface area contributed by atoms with Crippen molar-refractivity contribution in [3.05, 3.63) is 11.8 Å². The van der Waals surface area contributed by atoms with Gasteiger partial charge in [-0.15, -0.1) is 10.2 Å². The number of hydrogen-bond acceptors (Lipinski definition) is 4. The second-order valence-corrected chi connectivity index (χ2v) is 7.20. The number of hydrogen-bond donors (Lipinski definition) is 0. The van der Waals surface area contributed by atoms with Crippen molar-refractivity contribution in [1.82, 2.24) is 15.1 Å². The molecule has 0 N–H and O–H groups in total. The highest BCUT2D eigenvalue weighted by atomic mass is 16.4. The van der Waals surface area contributed by atoms with Crippen molar-refractivity contribution in [2.45, 2.75) is 65.7 Å². The van der Waals surface area contributed by atoms with Crippen molar-refractivity contribution in [2.24, 2.45) is 5.41 Å². The third kappa shape index (κ3) is 4.55. The van der Waals surface area contributed by atoms with Crippen LogP contribution in [0.3, 0.4) is 0 Å². The van der Waals surface area contributed by atoms with E-state index in [0.29, 0.717) is 18.2 Å². The van der Waals surface area contributed by atoms with Gasteiger partial charge >= 0.3 is 0 Å². The Morgan fingerprint density at radius 2 is 2.14 bits per heavy atom. The average molecular weight is 293 g/mol. The van der Waals surface area contributed by atoms with Crippen molar-refractivity contribution in [1.29, 1.82) is 0 Å². The molecule has 0 radical (unpaired) electrons. The van der Waals surface area contributed by atoms with E-state index < -0.39 is 0 Å². The van der Waals surface area contributed by atoms with E-state index in [1.54, 1.807) is 0 Å². The first-order valence-corrected chi connectivity index (χ1v) is 7.99. The van der Waals surface area contributed by atoms with Crippen LogP contribution in [0.5, 0.6) is 0 Å². The molecule has 0 aliphatic carbocycles. The highest BCUT2D eigenvalue weighted by molar-refractivity contribution is 5.76. The minimum Gasteiger partial charge on any atom is -0.425 e. The summed E-state index contributed by atoms with van der Waals surface area (Å²) in [5.41, 5.74) is 0.138. The van der Waals surface area contributed by atoms with Gasteiger partial charge in [-0.3, -0.25) is 4.79 Å². The zero-order valence-electron chi connectivity index (χ0n) is 13.7. The Labute approximate surface area is 127 Å². The molecule has 0 spiro atoms. The van der Waals surface area contributed by atoms with Gasteiger partial charge in [0.1, 0.15) is 0 Å². The highest BCUT2D eigenvalue weighted by Crippen LogP contribution is 2.28. The van der Waals surface area contributed by atoms with Gasteiger partial charge in [-0.25, -0.2) is 0 Å². The van der Waals surface area contributed by atoms with Crippen LogP contribution in [0.15, 0.2) is 4.42 Å². The van der Waals surface area contributed by atoms with Crippen LogP contribution in [0.4, 0.5) is 0 Å². The molecule has 0 aromatic carbocycles. The molecule has 21 heavy (non-hydrogen) atoms. The molecule has 1 saturated heterocycles. The second-order valence-electron chi connectivity index (χ2n) is 7.20. The van der Waals surface area contributed by atoms with Crippen molar-refractivity contribution in [2.75, 3.05) is 13.1 Å². The van der Waals surface area contributed by atoms with Gasteiger partial charge in [-0.1, -0.05) is 27.7 Å². The SMILES string of the molecule is CCCC(=O)N1CCCC(c2nnc(CC(C)(C)C)o2)C1. The maximum Gasteiger partial charge on any atom is 0.222 e. The Hall–Kier alpha value is -1.39. The summed E-state index contributed by atoms with van der Waals surface area (Å²) >= 11 is 0. The molecular formula is C16H27N3O2. The van der Waals surface area contributed by atoms with E-state index in [1.165, 1.54) is 0 Å². The topological polar surface area (TPSA) is 59.2 Å². The lowest BCUT2D eigenvalue weighted by molar-refractivity contribution is -0.132. The van der Waals surface area contributed by atoms with E-state index in [2.05, 4.69) is 31.0 Å². The maximum absolute atomic E-state index is 12.0. The van der Waals surface area contributed by atoms with Crippen LogP contribution in [0.25, 0.3) is 0 Å². The van der Waals surface area contributed by atoms with E-state index in [0.717, 1.165) is 38.8 Å². The first kappa shape index (κ1) is 16.0. The van der Waals surface area contributed by atoms with Crippen LogP contribution in [0.1, 0.15) is 71.1 Å². The van der Waals surface area contributed by atoms with Crippen LogP contribution in [0.2, 0.25) is 0 Å². The minimum absolute atomic E-state index is 0.138. The fraction of sp³-hybridized carbons (Fsp3) is 0.812. The van der Waals surface area contributed by atoms with Gasteiger partial charge in [-0.2, -0.15) is 0 Å². The van der Waals surface area contributed by atoms with Gasteiger partial charge in [0.05, 0.1) is 5.92 Å². The van der Waals surface area contributed by atoms with E-state index in [-0.39, 0.29) is 17.2 Å². The Morgan fingerprint density at radius 3 is 2.81 bits per heavy atom. The Morgan fingerprint density at radius 1 is 1.38 bits per heavy atom. The summed E-state index contributed by atoms with van der Waals surface area (Å²) in [5.74, 6) is 1.84. The number of likely N-dealkylation sites (tertiary alicyclic amines) is 1. The predicted octanol–water partition coefficient (Wildman–Crippen LogP) is 3.16. The fourth-order valence-corrected chi connectivity index (χ4v) is 2.73. The van der Waals surface area contributed by atoms with Crippen molar-refractivity contribution in [3.63, 3.8) is 0 Å². The molecule has 0 saturated carbocycles. The second kappa shape index (κ2) is 6.58. The van der Waals surface area contributed by atoms with Crippen LogP contribution >= 0.6 is 0 Å². The quantitative estimate of drug-likeness (QED) is 0.855. The smallest absolute Gasteiger partial charge is 0.222 e. The molecule has 1 unspecified atom stereocenters. The normalized spacial score (nSPS) is 19.8. The number of aromatic nitrogens is 2. The molecule has 5 heteroatoms. The zero-order chi connectivity index (χ0) is 15.5. The predicted molar refractivity (Wildman–Crippen MR) is 80.9 cm³/mol. The minimum atomic E-state index is 0.138. The van der Waals surface area contributed by atoms with Crippen molar-refractivity contribution in [3.8, 4) is 0 Å². The monoisotopic (exact) mass is 293 g/mol. The largest absolute Gasteiger partial charge is 0.425 e. The Bertz CT molecular complexity index is 476. The van der Waals surface area contributed by atoms with Gasteiger partial charge < -0.3 is 9.32 Å². The van der Waals surface area contributed by atoms with Crippen LogP contribution in [-0.2, 0) is 11.2 Å². The summed E-state index contributed by atoms with van der Waals surface area (Å²) in [5, 5.41) is 8.37. The molecule has 1 amide bonds. The summed E-state index contributed by atoms with van der Waals surface area (Å²) in [6.07, 6.45) is 4.34. The lowest BCUT2D eigenvalue weighted by Gasteiger charge is -2.31. The number of carbonyl (C=O) groups excluding carboxylic acids is 1. The average Bonchev–Trinajstić information content (AvgIpc) is 2.85. The number of rotatable bonds is 4. The van der Waals surface area contributed by atoms with Gasteiger partial charge in [0.15, 0.2) is 0 Å². The highest BCUT2D eigenvalue weighted by Gasteiger charge is 2.28. The van der Waals surface area contributed by atoms with Crippen molar-refractivity contribution < 1.29 is 9.21 Å². The molecule has 118 valence electrons. The van der Waals surface area contributed by atoms with Gasteiger partial charge in [-0.05, 0) is 24.7 Å². The van der Waals surface area contributed by atoms with E-state index in [1.807, 2.05) is 11.8 Å². The van der Waals surface area contributed by atoms with E-state index in [4.69, 9.17) is 4.42 Å². The van der Waals surface area contributed by atoms with Gasteiger partial charge in [0.2, 0.25) is 17.7 Å². The van der Waals surface area contributed by atoms with E-state index in [9.17, 15) is 4.79 Å². The zero-order valence-corrected chi connectivity index (χ0v) is 13.7. The van der Waals surface area contributed by atoms with Crippen LogP contribution < -0.4 is 0 Å². The van der Waals surface area contributed by atoms with Crippen LogP contribution in [0, 0.1) is 5.41 Å². The number of carbonyl (C=O) groups is 1. The number of nitrogens with zero attached hydrogens (tertiary/aromatic N) is 3. The van der Waals surface area contributed by atoms with Gasteiger partial charge in [0, 0.05) is 25.9 Å². The van der Waals surface area contributed by atoms with Gasteiger partial charge in [0.25, 0.3) is 0 Å². The summed E-state index contributed by atoms with van der Waals surface area (Å²) in [4.78, 5) is 14.0. The summed E-state index contributed by atoms with van der Waals surface area (Å²) in [6.45, 7) is 10.1. The first-order chi connectivity index (χ1) is 9.89. The fourth-order valence-electron chi connectivity index (χ4n) is 2.73. The standard InChI is InChI=1S/C16H27N3O2/c1-5-7-14(20)19-9-6-8-12(11-19)15-18-17-13(21-15)10-16(2,3)4/h12H,5-11H2,1-4H3. The molecule has 1 aromatic heterocycles. The lowest BCUT2D eigenvalue weighted by Crippen LogP contribution is -2.39. The summed E-state index contributed by atoms with van der Waals surface area (Å²) in [7, 11) is 0. The molecule has 1 aromatic rings. The summed E-state index contributed by atoms with van der Waals surface area (Å²) in [6, 6.07) is 0. The Balaban J connectivity index is 1.99. The van der Waals surface area contributed by atoms with E-state index >= 15 is 0 Å². The Kier molecular flexibility index (Phi) is 5.01. The molecule has 1 aliphatic heterocycles. The summed E-state index contributed by atoms with van der Waals surface area (Å²) < 4.78 is 5.83. The van der Waals surface area contributed by atoms with Crippen LogP contribution in [-0.4, -0.2) is 34.1 Å². The first-order valence-electron chi connectivity index (χ1n) is 7.99. The molecule has 1 aliphatic rings. The molecule has 0 bridgehead atoms. The number of piperidine rings is 1. The molecule has 1 atom stereocenters. The maximum atomic E-state index is 12.0. The molecule has 2 rings (SSSR count). The van der Waals surface area contributed by atoms with Crippen molar-refractivity contribution >= 4 is 5.91 Å².